The first-order valence-electron chi connectivity index (χ1n) is 4.96. The van der Waals surface area contributed by atoms with E-state index in [1.165, 1.54) is 12.1 Å². The summed E-state index contributed by atoms with van der Waals surface area (Å²) in [4.78, 5) is 14.7. The topological polar surface area (TPSA) is 87.6 Å². The quantitative estimate of drug-likeness (QED) is 0.615. The van der Waals surface area contributed by atoms with Crippen LogP contribution in [0, 0.1) is 10.1 Å². The summed E-state index contributed by atoms with van der Waals surface area (Å²) in [5.41, 5.74) is 1.02. The number of nitrogens with zero attached hydrogens (tertiary/aromatic N) is 1. The van der Waals surface area contributed by atoms with Gasteiger partial charge in [0.2, 0.25) is 0 Å². The zero-order chi connectivity index (χ0) is 11.5. The predicted octanol–water partition coefficient (Wildman–Crippen LogP) is 1.18. The number of aryl methyl sites for hydroxylation is 1. The Balaban J connectivity index is 2.21. The molecule has 1 aliphatic heterocycles. The van der Waals surface area contributed by atoms with Crippen LogP contribution in [0.3, 0.4) is 0 Å². The highest BCUT2D eigenvalue weighted by Gasteiger charge is 2.21. The van der Waals surface area contributed by atoms with Crippen molar-refractivity contribution in [3.05, 3.63) is 33.9 Å². The Morgan fingerprint density at radius 2 is 2.44 bits per heavy atom. The Kier molecular flexibility index (Phi) is 3.02. The molecule has 1 aromatic rings. The Hall–Kier alpha value is -1.66. The molecular formula is C10H12N2O4. The molecule has 1 unspecified atom stereocenters. The van der Waals surface area contributed by atoms with Gasteiger partial charge in [-0.3, -0.25) is 10.1 Å². The van der Waals surface area contributed by atoms with Crippen molar-refractivity contribution >= 4 is 5.69 Å². The number of rotatable bonds is 3. The van der Waals surface area contributed by atoms with Gasteiger partial charge in [0.25, 0.3) is 5.69 Å². The third kappa shape index (κ3) is 2.12. The van der Waals surface area contributed by atoms with Gasteiger partial charge >= 0.3 is 0 Å². The lowest BCUT2D eigenvalue weighted by Crippen LogP contribution is -2.28. The van der Waals surface area contributed by atoms with Crippen LogP contribution in [0.25, 0.3) is 0 Å². The highest BCUT2D eigenvalue weighted by atomic mass is 16.6. The second kappa shape index (κ2) is 4.46. The van der Waals surface area contributed by atoms with E-state index in [1.807, 2.05) is 0 Å². The van der Waals surface area contributed by atoms with Crippen molar-refractivity contribution < 1.29 is 14.5 Å². The smallest absolute Gasteiger partial charge is 0.273 e. The van der Waals surface area contributed by atoms with Crippen LogP contribution >= 0.6 is 0 Å². The maximum absolute atomic E-state index is 10.6. The molecule has 0 saturated carbocycles. The summed E-state index contributed by atoms with van der Waals surface area (Å²) < 4.78 is 5.55. The van der Waals surface area contributed by atoms with E-state index >= 15 is 0 Å². The van der Waals surface area contributed by atoms with E-state index in [4.69, 9.17) is 10.6 Å². The summed E-state index contributed by atoms with van der Waals surface area (Å²) in [5, 5.41) is 10.6. The number of fused-ring (bicyclic) bond motifs is 1. The van der Waals surface area contributed by atoms with Crippen LogP contribution in [-0.4, -0.2) is 17.6 Å². The lowest BCUT2D eigenvalue weighted by atomic mass is 10.0. The fourth-order valence-electron chi connectivity index (χ4n) is 1.75. The van der Waals surface area contributed by atoms with Crippen LogP contribution in [0.1, 0.15) is 12.0 Å². The molecule has 0 bridgehead atoms. The Morgan fingerprint density at radius 3 is 3.12 bits per heavy atom. The minimum Gasteiger partial charge on any atom is -0.487 e. The van der Waals surface area contributed by atoms with Gasteiger partial charge in [0.15, 0.2) is 0 Å². The number of nitro groups is 1. The van der Waals surface area contributed by atoms with Crippen LogP contribution in [0.2, 0.25) is 0 Å². The van der Waals surface area contributed by atoms with Crippen molar-refractivity contribution in [2.75, 3.05) is 6.61 Å². The third-order valence-corrected chi connectivity index (χ3v) is 2.57. The molecule has 1 aromatic carbocycles. The van der Waals surface area contributed by atoms with Crippen molar-refractivity contribution in [3.8, 4) is 5.75 Å². The third-order valence-electron chi connectivity index (χ3n) is 2.57. The largest absolute Gasteiger partial charge is 0.487 e. The van der Waals surface area contributed by atoms with Crippen LogP contribution in [0.4, 0.5) is 5.69 Å². The first-order chi connectivity index (χ1) is 7.70. The molecule has 0 radical (unpaired) electrons. The molecule has 2 N–H and O–H groups in total. The molecule has 6 heteroatoms. The van der Waals surface area contributed by atoms with Gasteiger partial charge in [-0.15, -0.1) is 0 Å². The second-order valence-electron chi connectivity index (χ2n) is 3.66. The number of hydrogen-bond acceptors (Lipinski definition) is 5. The standard InChI is InChI=1S/C10H12N2O4/c11-15-6-9-4-2-7-1-3-8(12(13)14)5-10(7)16-9/h1,3,5,9H,2,4,6,11H2. The average molecular weight is 224 g/mol. The number of nitro benzene ring substituents is 1. The maximum atomic E-state index is 10.6. The number of ether oxygens (including phenoxy) is 1. The maximum Gasteiger partial charge on any atom is 0.273 e. The summed E-state index contributed by atoms with van der Waals surface area (Å²) in [6.45, 7) is 0.294. The van der Waals surface area contributed by atoms with Gasteiger partial charge in [-0.1, -0.05) is 0 Å². The van der Waals surface area contributed by atoms with Crippen molar-refractivity contribution in [1.29, 1.82) is 0 Å². The highest BCUT2D eigenvalue weighted by Crippen LogP contribution is 2.31. The molecule has 0 fully saturated rings. The fraction of sp³-hybridized carbons (Fsp3) is 0.400. The summed E-state index contributed by atoms with van der Waals surface area (Å²) in [7, 11) is 0. The van der Waals surface area contributed by atoms with Crippen LogP contribution in [0.5, 0.6) is 5.75 Å². The zero-order valence-corrected chi connectivity index (χ0v) is 8.59. The minimum absolute atomic E-state index is 0.0352. The van der Waals surface area contributed by atoms with Crippen LogP contribution < -0.4 is 10.6 Å². The molecule has 0 saturated heterocycles. The van der Waals surface area contributed by atoms with E-state index in [0.717, 1.165) is 18.4 Å². The van der Waals surface area contributed by atoms with Gasteiger partial charge in [-0.2, -0.15) is 0 Å². The normalized spacial score (nSPS) is 18.7. The van der Waals surface area contributed by atoms with E-state index < -0.39 is 4.92 Å². The molecule has 1 heterocycles. The van der Waals surface area contributed by atoms with Crippen molar-refractivity contribution in [2.45, 2.75) is 18.9 Å². The molecule has 16 heavy (non-hydrogen) atoms. The van der Waals surface area contributed by atoms with Crippen molar-refractivity contribution in [3.63, 3.8) is 0 Å². The van der Waals surface area contributed by atoms with Gasteiger partial charge in [0.05, 0.1) is 11.0 Å². The Bertz CT molecular complexity index is 408. The average Bonchev–Trinajstić information content (AvgIpc) is 2.28. The molecule has 2 rings (SSSR count). The molecule has 1 atom stereocenters. The SMILES string of the molecule is NOCC1CCc2ccc([N+](=O)[O-])cc2O1. The van der Waals surface area contributed by atoms with Crippen LogP contribution in [-0.2, 0) is 11.3 Å². The minimum atomic E-state index is -0.438. The van der Waals surface area contributed by atoms with Gasteiger partial charge in [-0.25, -0.2) is 5.90 Å². The van der Waals surface area contributed by atoms with E-state index in [2.05, 4.69) is 4.84 Å². The van der Waals surface area contributed by atoms with Gasteiger partial charge < -0.3 is 9.57 Å². The molecule has 86 valence electrons. The summed E-state index contributed by atoms with van der Waals surface area (Å²) >= 11 is 0. The molecule has 0 spiro atoms. The lowest BCUT2D eigenvalue weighted by molar-refractivity contribution is -0.385. The summed E-state index contributed by atoms with van der Waals surface area (Å²) in [6, 6.07) is 4.66. The van der Waals surface area contributed by atoms with Gasteiger partial charge in [-0.05, 0) is 24.5 Å². The van der Waals surface area contributed by atoms with Crippen molar-refractivity contribution in [2.24, 2.45) is 5.90 Å². The van der Waals surface area contributed by atoms with Crippen LogP contribution in [0.15, 0.2) is 18.2 Å². The van der Waals surface area contributed by atoms with E-state index in [1.54, 1.807) is 6.07 Å². The number of non-ortho nitro benzene ring substituents is 1. The second-order valence-corrected chi connectivity index (χ2v) is 3.66. The zero-order valence-electron chi connectivity index (χ0n) is 8.59. The van der Waals surface area contributed by atoms with Gasteiger partial charge in [0, 0.05) is 6.07 Å². The molecule has 0 amide bonds. The van der Waals surface area contributed by atoms with Crippen molar-refractivity contribution in [1.82, 2.24) is 0 Å². The predicted molar refractivity (Wildman–Crippen MR) is 56.0 cm³/mol. The van der Waals surface area contributed by atoms with Gasteiger partial charge in [0.1, 0.15) is 18.5 Å². The molecule has 0 aliphatic carbocycles. The van der Waals surface area contributed by atoms with E-state index in [-0.39, 0.29) is 11.8 Å². The summed E-state index contributed by atoms with van der Waals surface area (Å²) in [5.74, 6) is 5.53. The van der Waals surface area contributed by atoms with E-state index in [9.17, 15) is 10.1 Å². The first-order valence-corrected chi connectivity index (χ1v) is 4.96. The number of hydrogen-bond donors (Lipinski definition) is 1. The fourth-order valence-corrected chi connectivity index (χ4v) is 1.75. The number of benzene rings is 1. The molecule has 1 aliphatic rings. The highest BCUT2D eigenvalue weighted by molar-refractivity contribution is 5.45. The number of nitrogens with two attached hydrogens (primary N) is 1. The molecule has 6 nitrogen and oxygen atoms in total. The van der Waals surface area contributed by atoms with E-state index in [0.29, 0.717) is 12.4 Å². The molecule has 0 aromatic heterocycles. The Labute approximate surface area is 92.1 Å². The first kappa shape index (κ1) is 10.8. The lowest BCUT2D eigenvalue weighted by Gasteiger charge is -2.24. The molecular weight excluding hydrogens is 212 g/mol. The Morgan fingerprint density at radius 1 is 1.62 bits per heavy atom. The monoisotopic (exact) mass is 224 g/mol. The summed E-state index contributed by atoms with van der Waals surface area (Å²) in [6.07, 6.45) is 1.50.